The number of H-pyrrole nitrogens is 1. The maximum absolute atomic E-state index is 10.8. The van der Waals surface area contributed by atoms with Crippen LogP contribution in [0.2, 0.25) is 0 Å². The molecule has 0 aliphatic rings. The number of nitrogens with zero attached hydrogens (tertiary/aromatic N) is 1. The third kappa shape index (κ3) is 1.80. The highest BCUT2D eigenvalue weighted by Crippen LogP contribution is 2.33. The molecule has 0 amide bonds. The fourth-order valence-corrected chi connectivity index (χ4v) is 1.56. The van der Waals surface area contributed by atoms with Crippen LogP contribution in [0.1, 0.15) is 10.5 Å². The van der Waals surface area contributed by atoms with Gasteiger partial charge in [-0.15, -0.1) is 0 Å². The zero-order chi connectivity index (χ0) is 12.4. The third-order valence-electron chi connectivity index (χ3n) is 2.38. The summed E-state index contributed by atoms with van der Waals surface area (Å²) in [6.45, 7) is 0. The lowest BCUT2D eigenvalue weighted by atomic mass is 10.1. The smallest absolute Gasteiger partial charge is 0.356 e. The van der Waals surface area contributed by atoms with Crippen molar-refractivity contribution in [2.45, 2.75) is 0 Å². The molecule has 0 atom stereocenters. The number of benzene rings is 1. The molecule has 2 aromatic rings. The number of nitrogen functional groups attached to an aromatic ring is 1. The second-order valence-corrected chi connectivity index (χ2v) is 3.37. The quantitative estimate of drug-likeness (QED) is 0.743. The molecule has 6 nitrogen and oxygen atoms in total. The first kappa shape index (κ1) is 11.0. The number of nitrogens with two attached hydrogens (primary N) is 1. The van der Waals surface area contributed by atoms with E-state index in [1.807, 2.05) is 6.07 Å². The molecule has 0 bridgehead atoms. The Balaban J connectivity index is 2.57. The van der Waals surface area contributed by atoms with E-state index in [1.54, 1.807) is 18.2 Å². The second kappa shape index (κ2) is 4.17. The topological polar surface area (TPSA) is 101 Å². The lowest BCUT2D eigenvalue weighted by Gasteiger charge is -2.05. The molecule has 4 N–H and O–H groups in total. The number of aromatic carboxylic acids is 1. The molecule has 0 aliphatic heterocycles. The fourth-order valence-electron chi connectivity index (χ4n) is 1.56. The molecule has 0 fully saturated rings. The largest absolute Gasteiger partial charge is 0.496 e. The summed E-state index contributed by atoms with van der Waals surface area (Å²) in [6.07, 6.45) is 0. The van der Waals surface area contributed by atoms with Crippen LogP contribution < -0.4 is 10.5 Å². The molecular weight excluding hydrogens is 222 g/mol. The van der Waals surface area contributed by atoms with Crippen molar-refractivity contribution in [3.63, 3.8) is 0 Å². The van der Waals surface area contributed by atoms with Gasteiger partial charge in [-0.25, -0.2) is 4.79 Å². The van der Waals surface area contributed by atoms with Gasteiger partial charge in [-0.3, -0.25) is 5.10 Å². The number of methoxy groups -OCH3 is 1. The third-order valence-corrected chi connectivity index (χ3v) is 2.38. The fraction of sp³-hybridized carbons (Fsp3) is 0.0909. The maximum Gasteiger partial charge on any atom is 0.356 e. The Morgan fingerprint density at radius 3 is 2.76 bits per heavy atom. The SMILES string of the molecule is COc1ccccc1-c1n[nH]c(C(=O)O)c1N. The Kier molecular flexibility index (Phi) is 2.70. The van der Waals surface area contributed by atoms with Gasteiger partial charge >= 0.3 is 5.97 Å². The molecule has 0 radical (unpaired) electrons. The van der Waals surface area contributed by atoms with E-state index in [2.05, 4.69) is 10.2 Å². The van der Waals surface area contributed by atoms with E-state index in [0.29, 0.717) is 17.0 Å². The minimum absolute atomic E-state index is 0.0991. The van der Waals surface area contributed by atoms with Crippen molar-refractivity contribution in [1.29, 1.82) is 0 Å². The molecule has 0 saturated heterocycles. The molecule has 1 aromatic heterocycles. The zero-order valence-corrected chi connectivity index (χ0v) is 9.10. The summed E-state index contributed by atoms with van der Waals surface area (Å²) >= 11 is 0. The molecule has 6 heteroatoms. The van der Waals surface area contributed by atoms with E-state index in [9.17, 15) is 4.79 Å². The molecule has 1 aromatic carbocycles. The van der Waals surface area contributed by atoms with Crippen molar-refractivity contribution >= 4 is 11.7 Å². The van der Waals surface area contributed by atoms with E-state index in [0.717, 1.165) is 0 Å². The number of anilines is 1. The number of carboxylic acid groups (broad SMARTS) is 1. The van der Waals surface area contributed by atoms with Crippen LogP contribution in [0, 0.1) is 0 Å². The van der Waals surface area contributed by atoms with Gasteiger partial charge in [0.25, 0.3) is 0 Å². The van der Waals surface area contributed by atoms with E-state index >= 15 is 0 Å². The van der Waals surface area contributed by atoms with Crippen LogP contribution in [0.15, 0.2) is 24.3 Å². The molecule has 0 unspecified atom stereocenters. The molecule has 1 heterocycles. The molecule has 88 valence electrons. The van der Waals surface area contributed by atoms with E-state index < -0.39 is 5.97 Å². The van der Waals surface area contributed by atoms with Crippen LogP contribution >= 0.6 is 0 Å². The van der Waals surface area contributed by atoms with Gasteiger partial charge in [-0.05, 0) is 12.1 Å². The molecule has 0 aliphatic carbocycles. The highest BCUT2D eigenvalue weighted by atomic mass is 16.5. The number of hydrogen-bond donors (Lipinski definition) is 3. The first-order chi connectivity index (χ1) is 8.15. The van der Waals surface area contributed by atoms with Crippen LogP contribution in [-0.4, -0.2) is 28.4 Å². The summed E-state index contributed by atoms with van der Waals surface area (Å²) < 4.78 is 5.17. The van der Waals surface area contributed by atoms with Crippen LogP contribution in [0.3, 0.4) is 0 Å². The Bertz CT molecular complexity index is 563. The summed E-state index contributed by atoms with van der Waals surface area (Å²) in [5.41, 5.74) is 6.73. The van der Waals surface area contributed by atoms with Gasteiger partial charge in [-0.1, -0.05) is 12.1 Å². The van der Waals surface area contributed by atoms with Gasteiger partial charge < -0.3 is 15.6 Å². The van der Waals surface area contributed by atoms with Crippen molar-refractivity contribution in [3.8, 4) is 17.0 Å². The number of aromatic nitrogens is 2. The van der Waals surface area contributed by atoms with Crippen molar-refractivity contribution < 1.29 is 14.6 Å². The van der Waals surface area contributed by atoms with Crippen LogP contribution in [0.25, 0.3) is 11.3 Å². The maximum atomic E-state index is 10.8. The molecular formula is C11H11N3O3. The Labute approximate surface area is 97.0 Å². The van der Waals surface area contributed by atoms with Gasteiger partial charge in [0.15, 0.2) is 5.69 Å². The number of para-hydroxylation sites is 1. The number of aromatic amines is 1. The number of ether oxygens (including phenoxy) is 1. The van der Waals surface area contributed by atoms with Crippen molar-refractivity contribution in [3.05, 3.63) is 30.0 Å². The summed E-state index contributed by atoms with van der Waals surface area (Å²) in [7, 11) is 1.53. The number of rotatable bonds is 3. The monoisotopic (exact) mass is 233 g/mol. The van der Waals surface area contributed by atoms with Gasteiger partial charge in [-0.2, -0.15) is 5.10 Å². The van der Waals surface area contributed by atoms with E-state index in [1.165, 1.54) is 7.11 Å². The first-order valence-electron chi connectivity index (χ1n) is 4.85. The zero-order valence-electron chi connectivity index (χ0n) is 9.10. The Morgan fingerprint density at radius 1 is 1.47 bits per heavy atom. The highest BCUT2D eigenvalue weighted by Gasteiger charge is 2.18. The summed E-state index contributed by atoms with van der Waals surface area (Å²) in [5.74, 6) is -0.557. The van der Waals surface area contributed by atoms with Gasteiger partial charge in [0.1, 0.15) is 11.4 Å². The molecule has 0 spiro atoms. The Hall–Kier alpha value is -2.50. The highest BCUT2D eigenvalue weighted by molar-refractivity contribution is 5.96. The predicted octanol–water partition coefficient (Wildman–Crippen LogP) is 1.37. The van der Waals surface area contributed by atoms with E-state index in [4.69, 9.17) is 15.6 Å². The number of nitrogens with one attached hydrogen (secondary N) is 1. The van der Waals surface area contributed by atoms with Gasteiger partial charge in [0.05, 0.1) is 12.8 Å². The van der Waals surface area contributed by atoms with Gasteiger partial charge in [0, 0.05) is 5.56 Å². The summed E-state index contributed by atoms with van der Waals surface area (Å²) in [5, 5.41) is 15.2. The second-order valence-electron chi connectivity index (χ2n) is 3.37. The number of carboxylic acids is 1. The van der Waals surface area contributed by atoms with Gasteiger partial charge in [0.2, 0.25) is 0 Å². The van der Waals surface area contributed by atoms with Crippen LogP contribution in [0.5, 0.6) is 5.75 Å². The van der Waals surface area contributed by atoms with Crippen molar-refractivity contribution in [2.24, 2.45) is 0 Å². The standard InChI is InChI=1S/C11H11N3O3/c1-17-7-5-3-2-4-6(7)9-8(12)10(11(15)16)14-13-9/h2-5H,12H2,1H3,(H,13,14)(H,15,16). The van der Waals surface area contributed by atoms with E-state index in [-0.39, 0.29) is 11.4 Å². The summed E-state index contributed by atoms with van der Waals surface area (Å²) in [6, 6.07) is 7.12. The first-order valence-corrected chi connectivity index (χ1v) is 4.85. The average Bonchev–Trinajstić information content (AvgIpc) is 2.71. The normalized spacial score (nSPS) is 10.2. The number of hydrogen-bond acceptors (Lipinski definition) is 4. The van der Waals surface area contributed by atoms with Crippen LogP contribution in [0.4, 0.5) is 5.69 Å². The molecule has 2 rings (SSSR count). The van der Waals surface area contributed by atoms with Crippen molar-refractivity contribution in [2.75, 3.05) is 12.8 Å². The average molecular weight is 233 g/mol. The van der Waals surface area contributed by atoms with Crippen molar-refractivity contribution in [1.82, 2.24) is 10.2 Å². The summed E-state index contributed by atoms with van der Waals surface area (Å²) in [4.78, 5) is 10.8. The predicted molar refractivity (Wildman–Crippen MR) is 61.9 cm³/mol. The minimum atomic E-state index is -1.14. The number of carbonyl (C=O) groups is 1. The van der Waals surface area contributed by atoms with Crippen LogP contribution in [-0.2, 0) is 0 Å². The lowest BCUT2D eigenvalue weighted by Crippen LogP contribution is -2.01. The lowest BCUT2D eigenvalue weighted by molar-refractivity contribution is 0.0691. The Morgan fingerprint density at radius 2 is 2.18 bits per heavy atom. The molecule has 17 heavy (non-hydrogen) atoms. The molecule has 0 saturated carbocycles. The minimum Gasteiger partial charge on any atom is -0.496 e.